The van der Waals surface area contributed by atoms with Crippen LogP contribution in [0, 0.1) is 11.9 Å². The first-order valence-corrected chi connectivity index (χ1v) is 12.2. The third-order valence-electron chi connectivity index (χ3n) is 7.03. The minimum absolute atomic E-state index is 0.392. The zero-order chi connectivity index (χ0) is 23.6. The maximum Gasteiger partial charge on any atom is 0.216 e. The van der Waals surface area contributed by atoms with Gasteiger partial charge in [-0.1, -0.05) is 79.2 Å². The highest BCUT2D eigenvalue weighted by molar-refractivity contribution is 6.01. The van der Waals surface area contributed by atoms with Crippen LogP contribution in [0.15, 0.2) is 95.6 Å². The van der Waals surface area contributed by atoms with E-state index in [4.69, 9.17) is 0 Å². The van der Waals surface area contributed by atoms with Crippen molar-refractivity contribution in [3.8, 4) is 0 Å². The average molecular weight is 460 g/mol. The molecule has 3 aromatic carbocycles. The van der Waals surface area contributed by atoms with Crippen LogP contribution in [0.1, 0.15) is 47.9 Å². The molecule has 0 bridgehead atoms. The molecular weight excluding hydrogens is 433 g/mol. The lowest BCUT2D eigenvalue weighted by Crippen LogP contribution is -2.15. The molecule has 0 unspecified atom stereocenters. The Balaban J connectivity index is 1.50. The molecule has 2 heterocycles. The van der Waals surface area contributed by atoms with E-state index in [1.165, 1.54) is 41.5 Å². The van der Waals surface area contributed by atoms with Gasteiger partial charge in [0.25, 0.3) is 0 Å². The Morgan fingerprint density at radius 1 is 0.886 bits per heavy atom. The lowest BCUT2D eigenvalue weighted by atomic mass is 9.73. The summed E-state index contributed by atoms with van der Waals surface area (Å²) in [5, 5.41) is 7.08. The Labute approximate surface area is 204 Å². The second-order valence-electron chi connectivity index (χ2n) is 9.25. The number of aliphatic imine (C=N–C) groups is 1. The molecule has 0 saturated heterocycles. The van der Waals surface area contributed by atoms with E-state index in [1.807, 2.05) is 24.5 Å². The van der Waals surface area contributed by atoms with Gasteiger partial charge < -0.3 is 0 Å². The van der Waals surface area contributed by atoms with Crippen molar-refractivity contribution in [3.63, 3.8) is 0 Å². The molecule has 172 valence electrons. The number of rotatable bonds is 6. The number of hydrogen-bond acceptors (Lipinski definition) is 2. The Morgan fingerprint density at radius 3 is 2.40 bits per heavy atom. The summed E-state index contributed by atoms with van der Waals surface area (Å²) in [7, 11) is 0. The van der Waals surface area contributed by atoms with Gasteiger partial charge in [-0.15, -0.1) is 0 Å². The van der Waals surface area contributed by atoms with Crippen LogP contribution in [0.25, 0.3) is 28.1 Å². The predicted molar refractivity (Wildman–Crippen MR) is 142 cm³/mol. The van der Waals surface area contributed by atoms with Crippen molar-refractivity contribution < 1.29 is 4.39 Å². The second-order valence-corrected chi connectivity index (χ2v) is 9.25. The number of aromatic amines is 1. The highest BCUT2D eigenvalue weighted by Crippen LogP contribution is 2.45. The van der Waals surface area contributed by atoms with Crippen LogP contribution in [-0.2, 0) is 0 Å². The summed E-state index contributed by atoms with van der Waals surface area (Å²) in [4.78, 5) is 4.17. The van der Waals surface area contributed by atoms with Crippen molar-refractivity contribution in [3.05, 3.63) is 119 Å². The van der Waals surface area contributed by atoms with Crippen molar-refractivity contribution in [2.45, 2.75) is 25.7 Å². The van der Waals surface area contributed by atoms with Gasteiger partial charge in [-0.3, -0.25) is 10.1 Å². The fraction of sp³-hybridized carbons (Fsp3) is 0.161. The van der Waals surface area contributed by atoms with E-state index < -0.39 is 5.95 Å². The van der Waals surface area contributed by atoms with Crippen LogP contribution in [-0.4, -0.2) is 16.4 Å². The molecule has 1 aromatic heterocycles. The van der Waals surface area contributed by atoms with Crippen LogP contribution < -0.4 is 0 Å². The number of nitrogens with zero attached hydrogens (tertiary/aromatic N) is 2. The maximum absolute atomic E-state index is 14.5. The zero-order valence-electron chi connectivity index (χ0n) is 19.4. The Kier molecular flexibility index (Phi) is 5.71. The van der Waals surface area contributed by atoms with Crippen molar-refractivity contribution >= 4 is 34.3 Å². The van der Waals surface area contributed by atoms with Crippen LogP contribution in [0.4, 0.5) is 4.39 Å². The van der Waals surface area contributed by atoms with Gasteiger partial charge in [0.1, 0.15) is 0 Å². The van der Waals surface area contributed by atoms with Crippen LogP contribution in [0.5, 0.6) is 0 Å². The molecule has 1 aliphatic carbocycles. The third-order valence-corrected chi connectivity index (χ3v) is 7.03. The summed E-state index contributed by atoms with van der Waals surface area (Å²) in [6, 6.07) is 25.2. The van der Waals surface area contributed by atoms with Gasteiger partial charge >= 0.3 is 0 Å². The minimum Gasteiger partial charge on any atom is -0.268 e. The molecule has 1 saturated carbocycles. The number of hydrogen-bond donors (Lipinski definition) is 1. The summed E-state index contributed by atoms with van der Waals surface area (Å²) in [6.07, 6.45) is 12.6. The number of aromatic nitrogens is 2. The molecule has 1 aliphatic heterocycles. The molecular formula is C31H26FN3. The van der Waals surface area contributed by atoms with Crippen LogP contribution in [0.2, 0.25) is 0 Å². The van der Waals surface area contributed by atoms with Gasteiger partial charge in [0, 0.05) is 18.8 Å². The number of allylic oxidation sites excluding steroid dienone is 3. The first kappa shape index (κ1) is 21.5. The fourth-order valence-corrected chi connectivity index (χ4v) is 4.95. The second kappa shape index (κ2) is 9.30. The molecule has 6 rings (SSSR count). The van der Waals surface area contributed by atoms with Gasteiger partial charge in [0.2, 0.25) is 5.95 Å². The first-order valence-electron chi connectivity index (χ1n) is 12.2. The highest BCUT2D eigenvalue weighted by atomic mass is 19.1. The molecule has 0 radical (unpaired) electrons. The Morgan fingerprint density at radius 2 is 1.69 bits per heavy atom. The summed E-state index contributed by atoms with van der Waals surface area (Å²) in [6.45, 7) is 0. The van der Waals surface area contributed by atoms with Gasteiger partial charge in [-0.2, -0.15) is 9.49 Å². The Hall–Kier alpha value is -4.05. The minimum atomic E-state index is -0.392. The maximum atomic E-state index is 14.5. The fourth-order valence-electron chi connectivity index (χ4n) is 4.95. The van der Waals surface area contributed by atoms with E-state index in [9.17, 15) is 4.39 Å². The SMILES string of the molecule is Fc1[nH]nc2ccc(/C(=C(/c3ccccc3)C3CCC3)c3ccc(/C=C/C4=CN=CC4)cc3)cc12. The smallest absolute Gasteiger partial charge is 0.216 e. The van der Waals surface area contributed by atoms with Crippen molar-refractivity contribution in [1.82, 2.24) is 10.2 Å². The van der Waals surface area contributed by atoms with Crippen molar-refractivity contribution in [2.75, 3.05) is 0 Å². The number of halogens is 1. The number of fused-ring (bicyclic) bond motifs is 1. The van der Waals surface area contributed by atoms with Crippen LogP contribution >= 0.6 is 0 Å². The average Bonchev–Trinajstić information content (AvgIpc) is 3.52. The van der Waals surface area contributed by atoms with Crippen molar-refractivity contribution in [2.24, 2.45) is 10.9 Å². The predicted octanol–water partition coefficient (Wildman–Crippen LogP) is 7.83. The summed E-state index contributed by atoms with van der Waals surface area (Å²) >= 11 is 0. The molecule has 4 heteroatoms. The molecule has 0 spiro atoms. The molecule has 0 atom stereocenters. The van der Waals surface area contributed by atoms with E-state index in [1.54, 1.807) is 0 Å². The third kappa shape index (κ3) is 4.28. The van der Waals surface area contributed by atoms with E-state index in [0.717, 1.165) is 23.1 Å². The molecule has 0 amide bonds. The van der Waals surface area contributed by atoms with Crippen molar-refractivity contribution in [1.29, 1.82) is 0 Å². The summed E-state index contributed by atoms with van der Waals surface area (Å²) in [5.74, 6) is 0.1000. The van der Waals surface area contributed by atoms with E-state index >= 15 is 0 Å². The standard InChI is InChI=1S/C31H26FN3/c32-31-27-19-26(15-16-28(27)34-35-31)30(29(24-7-4-8-24)23-5-2-1-3-6-23)25-13-11-21(12-14-25)9-10-22-17-18-33-20-22/h1-3,5-6,9-16,18-20,24H,4,7-8,17H2,(H,34,35)/b10-9+,30-29-. The summed E-state index contributed by atoms with van der Waals surface area (Å²) < 4.78 is 14.5. The molecule has 35 heavy (non-hydrogen) atoms. The van der Waals surface area contributed by atoms with E-state index in [0.29, 0.717) is 16.8 Å². The quantitative estimate of drug-likeness (QED) is 0.293. The molecule has 1 N–H and O–H groups in total. The van der Waals surface area contributed by atoms with Gasteiger partial charge in [-0.25, -0.2) is 0 Å². The summed E-state index contributed by atoms with van der Waals surface area (Å²) in [5.41, 5.74) is 8.89. The largest absolute Gasteiger partial charge is 0.268 e. The normalized spacial score (nSPS) is 16.5. The number of H-pyrrole nitrogens is 1. The lowest BCUT2D eigenvalue weighted by Gasteiger charge is -2.31. The van der Waals surface area contributed by atoms with E-state index in [-0.39, 0.29) is 0 Å². The Bertz CT molecular complexity index is 1480. The van der Waals surface area contributed by atoms with Gasteiger partial charge in [-0.05, 0) is 69.9 Å². The van der Waals surface area contributed by atoms with Gasteiger partial charge in [0.15, 0.2) is 0 Å². The molecule has 2 aliphatic rings. The molecule has 1 fully saturated rings. The highest BCUT2D eigenvalue weighted by Gasteiger charge is 2.27. The number of nitrogens with one attached hydrogen (secondary N) is 1. The monoisotopic (exact) mass is 459 g/mol. The van der Waals surface area contributed by atoms with E-state index in [2.05, 4.69) is 88.0 Å². The van der Waals surface area contributed by atoms with Gasteiger partial charge in [0.05, 0.1) is 10.9 Å². The topological polar surface area (TPSA) is 41.0 Å². The zero-order valence-corrected chi connectivity index (χ0v) is 19.4. The molecule has 4 aromatic rings. The number of benzene rings is 3. The molecule has 3 nitrogen and oxygen atoms in total. The lowest BCUT2D eigenvalue weighted by molar-refractivity contribution is 0.401. The first-order chi connectivity index (χ1) is 17.3. The van der Waals surface area contributed by atoms with Crippen LogP contribution in [0.3, 0.4) is 0 Å².